The van der Waals surface area contributed by atoms with Gasteiger partial charge in [-0.3, -0.25) is 9.11 Å². The number of rotatable bonds is 4. The monoisotopic (exact) mass is 318 g/mol. The van der Waals surface area contributed by atoms with Gasteiger partial charge in [-0.2, -0.15) is 13.5 Å². The molecule has 0 unspecified atom stereocenters. The second-order valence-corrected chi connectivity index (χ2v) is 4.72. The fourth-order valence-electron chi connectivity index (χ4n) is 1.08. The molecule has 1 rings (SSSR count). The first kappa shape index (κ1) is 18.8. The molecule has 0 radical (unpaired) electrons. The molecule has 9 nitrogen and oxygen atoms in total. The van der Waals surface area contributed by atoms with Crippen LogP contribution in [0.1, 0.15) is 11.1 Å². The molecule has 0 saturated heterocycles. The van der Waals surface area contributed by atoms with Gasteiger partial charge in [0.25, 0.3) is 0 Å². The van der Waals surface area contributed by atoms with E-state index in [1.54, 1.807) is 0 Å². The minimum Gasteiger partial charge on any atom is -0.488 e. The highest BCUT2D eigenvalue weighted by Gasteiger charge is 1.95. The highest BCUT2D eigenvalue weighted by atomic mass is 32.3. The molecule has 1 aromatic carbocycles. The fraction of sp³-hybridized carbons (Fsp3) is 0.273. The first-order valence-corrected chi connectivity index (χ1v) is 6.99. The van der Waals surface area contributed by atoms with Crippen molar-refractivity contribution in [2.24, 2.45) is 21.7 Å². The summed E-state index contributed by atoms with van der Waals surface area (Å²) in [6.45, 7) is 4.42. The zero-order valence-electron chi connectivity index (χ0n) is 11.6. The Morgan fingerprint density at radius 2 is 1.86 bits per heavy atom. The molecule has 0 saturated carbocycles. The van der Waals surface area contributed by atoms with E-state index < -0.39 is 10.4 Å². The molecule has 0 bridgehead atoms. The van der Waals surface area contributed by atoms with Gasteiger partial charge < -0.3 is 16.2 Å². The van der Waals surface area contributed by atoms with Gasteiger partial charge >= 0.3 is 10.4 Å². The molecule has 0 aliphatic rings. The van der Waals surface area contributed by atoms with Crippen molar-refractivity contribution in [3.8, 4) is 5.75 Å². The van der Waals surface area contributed by atoms with E-state index in [0.717, 1.165) is 5.75 Å². The largest absolute Gasteiger partial charge is 0.488 e. The Bertz CT molecular complexity index is 601. The Morgan fingerprint density at radius 1 is 1.29 bits per heavy atom. The van der Waals surface area contributed by atoms with E-state index in [1.807, 2.05) is 25.1 Å². The topological polar surface area (TPSA) is 161 Å². The molecular formula is C11H18N4O5S. The first-order valence-electron chi connectivity index (χ1n) is 5.60. The maximum absolute atomic E-state index is 8.74. The molecular weight excluding hydrogens is 300 g/mol. The van der Waals surface area contributed by atoms with Gasteiger partial charge in [-0.25, -0.2) is 0 Å². The van der Waals surface area contributed by atoms with E-state index in [1.165, 1.54) is 17.3 Å². The third kappa shape index (κ3) is 12.6. The molecule has 0 aliphatic heterocycles. The summed E-state index contributed by atoms with van der Waals surface area (Å²) < 4.78 is 37.0. The van der Waals surface area contributed by atoms with Crippen LogP contribution < -0.4 is 16.2 Å². The summed E-state index contributed by atoms with van der Waals surface area (Å²) in [6, 6.07) is 5.90. The lowest BCUT2D eigenvalue weighted by Crippen LogP contribution is -2.21. The SMILES string of the molecule is Cc1ccc(OCC=NN=C(N)N)cc1C.O=S(=O)(O)O. The molecule has 0 amide bonds. The van der Waals surface area contributed by atoms with Gasteiger partial charge in [0.1, 0.15) is 12.4 Å². The van der Waals surface area contributed by atoms with Gasteiger partial charge in [0.05, 0.1) is 6.21 Å². The van der Waals surface area contributed by atoms with Crippen LogP contribution in [-0.2, 0) is 10.4 Å². The summed E-state index contributed by atoms with van der Waals surface area (Å²) in [7, 11) is -4.67. The van der Waals surface area contributed by atoms with E-state index in [4.69, 9.17) is 33.7 Å². The van der Waals surface area contributed by atoms with Crippen LogP contribution >= 0.6 is 0 Å². The second-order valence-electron chi connectivity index (χ2n) is 3.83. The Balaban J connectivity index is 0.000000690. The third-order valence-electron chi connectivity index (χ3n) is 2.06. The maximum atomic E-state index is 8.74. The molecule has 1 aromatic rings. The summed E-state index contributed by atoms with van der Waals surface area (Å²) in [5.41, 5.74) is 12.6. The number of aryl methyl sites for hydroxylation is 2. The first-order chi connectivity index (χ1) is 9.59. The molecule has 0 fully saturated rings. The number of hydrogen-bond donors (Lipinski definition) is 4. The van der Waals surface area contributed by atoms with Gasteiger partial charge in [-0.15, -0.1) is 5.10 Å². The molecule has 118 valence electrons. The summed E-state index contributed by atoms with van der Waals surface area (Å²) in [5, 5.41) is 7.06. The Labute approximate surface area is 122 Å². The molecule has 21 heavy (non-hydrogen) atoms. The normalized spacial score (nSPS) is 10.7. The van der Waals surface area contributed by atoms with Crippen LogP contribution in [0, 0.1) is 13.8 Å². The molecule has 6 N–H and O–H groups in total. The van der Waals surface area contributed by atoms with E-state index in [2.05, 4.69) is 17.1 Å². The van der Waals surface area contributed by atoms with Crippen LogP contribution in [0.3, 0.4) is 0 Å². The highest BCUT2D eigenvalue weighted by molar-refractivity contribution is 7.79. The average molecular weight is 318 g/mol. The quantitative estimate of drug-likeness (QED) is 0.268. The van der Waals surface area contributed by atoms with Gasteiger partial charge in [-0.05, 0) is 37.1 Å². The van der Waals surface area contributed by atoms with Gasteiger partial charge in [0.2, 0.25) is 5.96 Å². The van der Waals surface area contributed by atoms with Crippen molar-refractivity contribution in [3.05, 3.63) is 29.3 Å². The van der Waals surface area contributed by atoms with Crippen molar-refractivity contribution in [2.45, 2.75) is 13.8 Å². The van der Waals surface area contributed by atoms with E-state index in [0.29, 0.717) is 6.61 Å². The third-order valence-corrected chi connectivity index (χ3v) is 2.06. The number of benzene rings is 1. The minimum absolute atomic E-state index is 0.0672. The molecule has 0 atom stereocenters. The summed E-state index contributed by atoms with van der Waals surface area (Å²) in [4.78, 5) is 0. The number of nitrogens with two attached hydrogens (primary N) is 2. The van der Waals surface area contributed by atoms with Crippen LogP contribution in [0.5, 0.6) is 5.75 Å². The number of nitrogens with zero attached hydrogens (tertiary/aromatic N) is 2. The van der Waals surface area contributed by atoms with Crippen LogP contribution in [-0.4, -0.2) is 36.3 Å². The lowest BCUT2D eigenvalue weighted by atomic mass is 10.1. The van der Waals surface area contributed by atoms with Crippen molar-refractivity contribution in [2.75, 3.05) is 6.61 Å². The number of guanidine groups is 1. The lowest BCUT2D eigenvalue weighted by molar-refractivity contribution is 0.379. The zero-order chi connectivity index (χ0) is 16.5. The summed E-state index contributed by atoms with van der Waals surface area (Å²) >= 11 is 0. The average Bonchev–Trinajstić information content (AvgIpc) is 2.30. The van der Waals surface area contributed by atoms with E-state index >= 15 is 0 Å². The van der Waals surface area contributed by atoms with Crippen LogP contribution in [0.2, 0.25) is 0 Å². The summed E-state index contributed by atoms with van der Waals surface area (Å²) in [6.07, 6.45) is 1.49. The van der Waals surface area contributed by atoms with Crippen LogP contribution in [0.4, 0.5) is 0 Å². The second kappa shape index (κ2) is 8.89. The van der Waals surface area contributed by atoms with Crippen molar-refractivity contribution < 1.29 is 22.3 Å². The smallest absolute Gasteiger partial charge is 0.394 e. The predicted octanol–water partition coefficient (Wildman–Crippen LogP) is 0.289. The highest BCUT2D eigenvalue weighted by Crippen LogP contribution is 2.15. The fourth-order valence-corrected chi connectivity index (χ4v) is 1.08. The Morgan fingerprint density at radius 3 is 2.33 bits per heavy atom. The molecule has 0 heterocycles. The Hall–Kier alpha value is -2.17. The van der Waals surface area contributed by atoms with Gasteiger partial charge in [0.15, 0.2) is 0 Å². The van der Waals surface area contributed by atoms with Crippen LogP contribution in [0.15, 0.2) is 28.4 Å². The predicted molar refractivity (Wildman–Crippen MR) is 79.9 cm³/mol. The molecule has 10 heteroatoms. The molecule has 0 spiro atoms. The lowest BCUT2D eigenvalue weighted by Gasteiger charge is -2.05. The standard InChI is InChI=1S/C11H16N4O.H2O4S/c1-8-3-4-10(7-9(8)2)16-6-5-14-15-11(12)13;1-5(2,3)4/h3-5,7H,6H2,1-2H3,(H4,12,13,15);(H2,1,2,3,4). The number of hydrogen-bond acceptors (Lipinski definition) is 5. The van der Waals surface area contributed by atoms with Gasteiger partial charge in [0, 0.05) is 0 Å². The van der Waals surface area contributed by atoms with Crippen molar-refractivity contribution in [1.82, 2.24) is 0 Å². The minimum atomic E-state index is -4.67. The van der Waals surface area contributed by atoms with Crippen molar-refractivity contribution in [3.63, 3.8) is 0 Å². The van der Waals surface area contributed by atoms with Crippen molar-refractivity contribution in [1.29, 1.82) is 0 Å². The molecule has 0 aromatic heterocycles. The Kier molecular flexibility index (Phi) is 7.97. The molecule has 0 aliphatic carbocycles. The maximum Gasteiger partial charge on any atom is 0.394 e. The zero-order valence-corrected chi connectivity index (χ0v) is 12.4. The van der Waals surface area contributed by atoms with E-state index in [-0.39, 0.29) is 5.96 Å². The van der Waals surface area contributed by atoms with Gasteiger partial charge in [-0.1, -0.05) is 6.07 Å². The van der Waals surface area contributed by atoms with E-state index in [9.17, 15) is 0 Å². The van der Waals surface area contributed by atoms with Crippen LogP contribution in [0.25, 0.3) is 0 Å². The van der Waals surface area contributed by atoms with Crippen molar-refractivity contribution >= 4 is 22.6 Å². The summed E-state index contributed by atoms with van der Waals surface area (Å²) in [5.74, 6) is 0.738. The number of ether oxygens (including phenoxy) is 1.